The van der Waals surface area contributed by atoms with Gasteiger partial charge in [-0.15, -0.1) is 10.2 Å². The SMILES string of the molecule is Cc1cc(N(C)c2ccc(-c3cnn(CC45CC6CC(CC(C6)C4)C5)c3C)c(C(N)=O)n2)nnc1Nc1nc2cccnc2s1. The summed E-state index contributed by atoms with van der Waals surface area (Å²) in [5.74, 6) is 3.81. The van der Waals surface area contributed by atoms with Crippen LogP contribution in [0.5, 0.6) is 0 Å². The van der Waals surface area contributed by atoms with Gasteiger partial charge in [0.05, 0.1) is 6.20 Å². The van der Waals surface area contributed by atoms with Crippen LogP contribution in [0.2, 0.25) is 0 Å². The molecular weight excluding hydrogens is 584 g/mol. The standard InChI is InChI=1S/C33H36N10OS/c1-18-9-27(40-41-30(18)39-32-37-25-5-4-8-35-31(25)45-32)42(3)26-7-6-23(28(38-26)29(34)44)24-16-36-43(19(24)2)17-33-13-20-10-21(14-33)12-22(11-20)15-33/h4-9,16,20-22H,10-15,17H2,1-3H3,(H2,34,44)(H,37,39,41). The fraction of sp³-hybridized carbons (Fsp3) is 0.424. The van der Waals surface area contributed by atoms with Crippen LogP contribution in [0.15, 0.2) is 42.7 Å². The van der Waals surface area contributed by atoms with Gasteiger partial charge in [-0.25, -0.2) is 15.0 Å². The van der Waals surface area contributed by atoms with Crippen molar-refractivity contribution in [2.75, 3.05) is 17.3 Å². The Kier molecular flexibility index (Phi) is 6.59. The number of primary amides is 1. The number of nitrogens with zero attached hydrogens (tertiary/aromatic N) is 8. The maximum atomic E-state index is 12.7. The van der Waals surface area contributed by atoms with Crippen molar-refractivity contribution in [3.63, 3.8) is 0 Å². The largest absolute Gasteiger partial charge is 0.364 e. The molecule has 0 saturated heterocycles. The maximum absolute atomic E-state index is 12.7. The minimum Gasteiger partial charge on any atom is -0.364 e. The summed E-state index contributed by atoms with van der Waals surface area (Å²) in [4.78, 5) is 29.0. The number of anilines is 4. The van der Waals surface area contributed by atoms with E-state index in [9.17, 15) is 4.79 Å². The predicted octanol–water partition coefficient (Wildman–Crippen LogP) is 6.18. The lowest BCUT2D eigenvalue weighted by Gasteiger charge is -2.56. The maximum Gasteiger partial charge on any atom is 0.268 e. The quantitative estimate of drug-likeness (QED) is 0.208. The minimum atomic E-state index is -0.583. The van der Waals surface area contributed by atoms with E-state index in [0.29, 0.717) is 33.6 Å². The van der Waals surface area contributed by atoms with Gasteiger partial charge in [0.2, 0.25) is 0 Å². The summed E-state index contributed by atoms with van der Waals surface area (Å²) in [7, 11) is 1.84. The molecule has 0 atom stereocenters. The van der Waals surface area contributed by atoms with Crippen molar-refractivity contribution in [1.82, 2.24) is 34.9 Å². The summed E-state index contributed by atoms with van der Waals surface area (Å²) in [6, 6.07) is 9.50. The average molecular weight is 621 g/mol. The van der Waals surface area contributed by atoms with Crippen molar-refractivity contribution in [2.24, 2.45) is 28.9 Å². The number of fused-ring (bicyclic) bond motifs is 1. The van der Waals surface area contributed by atoms with Crippen LogP contribution < -0.4 is 16.0 Å². The zero-order valence-corrected chi connectivity index (χ0v) is 26.5. The molecule has 4 bridgehead atoms. The monoisotopic (exact) mass is 620 g/mol. The number of pyridine rings is 2. The second-order valence-corrected chi connectivity index (χ2v) is 14.4. The third kappa shape index (κ3) is 5.01. The molecule has 5 aromatic rings. The molecule has 12 heteroatoms. The normalized spacial score (nSPS) is 23.5. The van der Waals surface area contributed by atoms with Crippen LogP contribution in [0.1, 0.15) is 60.3 Å². The molecule has 45 heavy (non-hydrogen) atoms. The Labute approximate surface area is 265 Å². The Morgan fingerprint density at radius 2 is 1.80 bits per heavy atom. The predicted molar refractivity (Wildman–Crippen MR) is 175 cm³/mol. The number of nitrogens with one attached hydrogen (secondary N) is 1. The molecule has 4 saturated carbocycles. The molecular formula is C33H36N10OS. The van der Waals surface area contributed by atoms with Crippen LogP contribution in [-0.4, -0.2) is 47.9 Å². The van der Waals surface area contributed by atoms with Crippen LogP contribution in [0.25, 0.3) is 21.5 Å². The van der Waals surface area contributed by atoms with Gasteiger partial charge in [-0.3, -0.25) is 9.48 Å². The van der Waals surface area contributed by atoms with E-state index in [4.69, 9.17) is 15.8 Å². The summed E-state index contributed by atoms with van der Waals surface area (Å²) in [6.07, 6.45) is 11.8. The second kappa shape index (κ2) is 10.6. The third-order valence-corrected chi connectivity index (χ3v) is 11.1. The summed E-state index contributed by atoms with van der Waals surface area (Å²) in [5, 5.41) is 17.6. The van der Waals surface area contributed by atoms with Gasteiger partial charge in [0.15, 0.2) is 16.8 Å². The molecule has 5 aromatic heterocycles. The molecule has 4 fully saturated rings. The lowest BCUT2D eigenvalue weighted by Crippen LogP contribution is -2.48. The molecule has 5 heterocycles. The van der Waals surface area contributed by atoms with Crippen LogP contribution in [-0.2, 0) is 6.54 Å². The zero-order valence-electron chi connectivity index (χ0n) is 25.7. The van der Waals surface area contributed by atoms with E-state index in [1.165, 1.54) is 49.9 Å². The smallest absolute Gasteiger partial charge is 0.268 e. The molecule has 0 spiro atoms. The molecule has 9 rings (SSSR count). The topological polar surface area (TPSA) is 141 Å². The highest BCUT2D eigenvalue weighted by Gasteiger charge is 2.51. The van der Waals surface area contributed by atoms with Crippen molar-refractivity contribution >= 4 is 50.2 Å². The van der Waals surface area contributed by atoms with E-state index in [0.717, 1.165) is 51.5 Å². The number of thiazole rings is 1. The molecule has 4 aliphatic carbocycles. The summed E-state index contributed by atoms with van der Waals surface area (Å²) >= 11 is 1.46. The van der Waals surface area contributed by atoms with E-state index in [2.05, 4.69) is 37.1 Å². The number of hydrogen-bond acceptors (Lipinski definition) is 10. The van der Waals surface area contributed by atoms with Crippen LogP contribution in [0.4, 0.5) is 22.6 Å². The highest BCUT2D eigenvalue weighted by atomic mass is 32.1. The van der Waals surface area contributed by atoms with Gasteiger partial charge < -0.3 is 16.0 Å². The number of aryl methyl sites for hydroxylation is 1. The van der Waals surface area contributed by atoms with Gasteiger partial charge in [0, 0.05) is 36.6 Å². The van der Waals surface area contributed by atoms with Gasteiger partial charge in [0.1, 0.15) is 21.9 Å². The molecule has 0 aromatic carbocycles. The number of amides is 1. The first-order chi connectivity index (χ1) is 21.7. The highest BCUT2D eigenvalue weighted by molar-refractivity contribution is 7.21. The zero-order chi connectivity index (χ0) is 30.9. The first-order valence-electron chi connectivity index (χ1n) is 15.6. The van der Waals surface area contributed by atoms with E-state index in [1.807, 2.05) is 50.5 Å². The summed E-state index contributed by atoms with van der Waals surface area (Å²) < 4.78 is 2.16. The Morgan fingerprint density at radius 1 is 1.04 bits per heavy atom. The number of carbonyl (C=O) groups is 1. The molecule has 230 valence electrons. The second-order valence-electron chi connectivity index (χ2n) is 13.4. The molecule has 0 unspecified atom stereocenters. The van der Waals surface area contributed by atoms with E-state index in [1.54, 1.807) is 11.1 Å². The van der Waals surface area contributed by atoms with Crippen LogP contribution in [0.3, 0.4) is 0 Å². The number of carbonyl (C=O) groups excluding carboxylic acids is 1. The van der Waals surface area contributed by atoms with Crippen molar-refractivity contribution in [3.8, 4) is 11.1 Å². The van der Waals surface area contributed by atoms with Gasteiger partial charge in [0.25, 0.3) is 5.91 Å². The van der Waals surface area contributed by atoms with E-state index in [-0.39, 0.29) is 5.69 Å². The average Bonchev–Trinajstić information content (AvgIpc) is 3.58. The minimum absolute atomic E-state index is 0.212. The number of aromatic nitrogens is 7. The van der Waals surface area contributed by atoms with Gasteiger partial charge in [-0.2, -0.15) is 5.10 Å². The fourth-order valence-electron chi connectivity index (χ4n) is 8.51. The van der Waals surface area contributed by atoms with Crippen molar-refractivity contribution < 1.29 is 4.79 Å². The number of hydrogen-bond donors (Lipinski definition) is 2. The Hall–Kier alpha value is -4.45. The molecule has 0 aliphatic heterocycles. The first kappa shape index (κ1) is 28.1. The number of rotatable bonds is 8. The Morgan fingerprint density at radius 3 is 2.49 bits per heavy atom. The molecule has 4 aliphatic rings. The van der Waals surface area contributed by atoms with Gasteiger partial charge in [-0.1, -0.05) is 11.3 Å². The Bertz CT molecular complexity index is 1880. The molecule has 3 N–H and O–H groups in total. The Balaban J connectivity index is 1.03. The molecule has 1 amide bonds. The van der Waals surface area contributed by atoms with E-state index < -0.39 is 5.91 Å². The van der Waals surface area contributed by atoms with Crippen LogP contribution in [0, 0.1) is 37.0 Å². The van der Waals surface area contributed by atoms with Gasteiger partial charge >= 0.3 is 0 Å². The summed E-state index contributed by atoms with van der Waals surface area (Å²) in [5.41, 5.74) is 10.8. The summed E-state index contributed by atoms with van der Waals surface area (Å²) in [6.45, 7) is 4.99. The van der Waals surface area contributed by atoms with Crippen molar-refractivity contribution in [2.45, 2.75) is 58.9 Å². The first-order valence-corrected chi connectivity index (χ1v) is 16.5. The van der Waals surface area contributed by atoms with Crippen molar-refractivity contribution in [3.05, 3.63) is 59.7 Å². The third-order valence-electron chi connectivity index (χ3n) is 10.2. The lowest BCUT2D eigenvalue weighted by molar-refractivity contribution is -0.0638. The van der Waals surface area contributed by atoms with E-state index >= 15 is 0 Å². The fourth-order valence-corrected chi connectivity index (χ4v) is 9.32. The highest BCUT2D eigenvalue weighted by Crippen LogP contribution is 2.60. The van der Waals surface area contributed by atoms with Gasteiger partial charge in [-0.05, 0) is 111 Å². The lowest BCUT2D eigenvalue weighted by atomic mass is 9.49. The van der Waals surface area contributed by atoms with Crippen molar-refractivity contribution in [1.29, 1.82) is 0 Å². The van der Waals surface area contributed by atoms with Crippen LogP contribution >= 0.6 is 11.3 Å². The molecule has 0 radical (unpaired) electrons. The number of nitrogens with two attached hydrogens (primary N) is 1. The molecule has 11 nitrogen and oxygen atoms in total.